The molecule has 0 aliphatic carbocycles. The summed E-state index contributed by atoms with van der Waals surface area (Å²) in [4.78, 5) is 24.6. The van der Waals surface area contributed by atoms with Crippen molar-refractivity contribution in [3.8, 4) is 0 Å². The van der Waals surface area contributed by atoms with Gasteiger partial charge in [0.05, 0.1) is 23.3 Å². The highest BCUT2D eigenvalue weighted by Crippen LogP contribution is 2.14. The Labute approximate surface area is 145 Å². The molecule has 3 aromatic rings. The van der Waals surface area contributed by atoms with Crippen LogP contribution in [0.4, 0.5) is 10.6 Å². The molecule has 8 nitrogen and oxygen atoms in total. The molecule has 3 rings (SSSR count). The number of amides is 2. The van der Waals surface area contributed by atoms with E-state index >= 15 is 0 Å². The smallest absolute Gasteiger partial charge is 0.320 e. The number of ether oxygens (including phenoxy) is 1. The minimum absolute atomic E-state index is 0.316. The van der Waals surface area contributed by atoms with Crippen LogP contribution in [0.5, 0.6) is 0 Å². The van der Waals surface area contributed by atoms with Crippen LogP contribution in [0.25, 0.3) is 11.0 Å². The van der Waals surface area contributed by atoms with E-state index in [1.54, 1.807) is 13.2 Å². The molecule has 0 fully saturated rings. The van der Waals surface area contributed by atoms with Gasteiger partial charge in [0.1, 0.15) is 18.0 Å². The van der Waals surface area contributed by atoms with Crippen LogP contribution in [0.15, 0.2) is 36.7 Å². The summed E-state index contributed by atoms with van der Waals surface area (Å²) in [5, 5.41) is 5.51. The number of nitrogens with zero attached hydrogens (tertiary/aromatic N) is 4. The molecule has 0 atom stereocenters. The Morgan fingerprint density at radius 2 is 2.12 bits per heavy atom. The average molecular weight is 340 g/mol. The first-order chi connectivity index (χ1) is 12.2. The van der Waals surface area contributed by atoms with Crippen LogP contribution in [-0.4, -0.2) is 39.2 Å². The summed E-state index contributed by atoms with van der Waals surface area (Å²) < 4.78 is 7.09. The van der Waals surface area contributed by atoms with Crippen LogP contribution in [0.3, 0.4) is 0 Å². The Morgan fingerprint density at radius 3 is 2.96 bits per heavy atom. The fourth-order valence-corrected chi connectivity index (χ4v) is 2.61. The first-order valence-electron chi connectivity index (χ1n) is 7.94. The number of rotatable bonds is 6. The molecule has 2 N–H and O–H groups in total. The van der Waals surface area contributed by atoms with Crippen LogP contribution in [-0.2, 0) is 17.9 Å². The maximum atomic E-state index is 12.0. The number of imidazole rings is 1. The Morgan fingerprint density at radius 1 is 1.28 bits per heavy atom. The zero-order valence-corrected chi connectivity index (χ0v) is 14.2. The van der Waals surface area contributed by atoms with E-state index in [9.17, 15) is 4.79 Å². The predicted molar refractivity (Wildman–Crippen MR) is 94.2 cm³/mol. The third kappa shape index (κ3) is 4.10. The van der Waals surface area contributed by atoms with Gasteiger partial charge in [-0.2, -0.15) is 0 Å². The normalized spacial score (nSPS) is 10.8. The number of methoxy groups -OCH3 is 1. The van der Waals surface area contributed by atoms with Crippen LogP contribution < -0.4 is 10.6 Å². The van der Waals surface area contributed by atoms with Crippen molar-refractivity contribution in [1.82, 2.24) is 24.8 Å². The van der Waals surface area contributed by atoms with Crippen molar-refractivity contribution in [1.29, 1.82) is 0 Å². The van der Waals surface area contributed by atoms with E-state index in [1.165, 1.54) is 6.33 Å². The van der Waals surface area contributed by atoms with Gasteiger partial charge in [-0.1, -0.05) is 12.1 Å². The molecule has 2 amide bonds. The molecule has 0 spiro atoms. The predicted octanol–water partition coefficient (Wildman–Crippen LogP) is 2.10. The number of anilines is 1. The van der Waals surface area contributed by atoms with E-state index in [4.69, 9.17) is 4.74 Å². The molecule has 0 aliphatic heterocycles. The summed E-state index contributed by atoms with van der Waals surface area (Å²) in [6, 6.07) is 9.30. The second-order valence-electron chi connectivity index (χ2n) is 5.51. The number of hydrogen-bond acceptors (Lipinski definition) is 5. The van der Waals surface area contributed by atoms with Crippen molar-refractivity contribution in [2.45, 2.75) is 20.1 Å². The van der Waals surface area contributed by atoms with Crippen molar-refractivity contribution >= 4 is 22.9 Å². The molecule has 25 heavy (non-hydrogen) atoms. The summed E-state index contributed by atoms with van der Waals surface area (Å²) in [5.74, 6) is 1.35. The molecule has 130 valence electrons. The van der Waals surface area contributed by atoms with Gasteiger partial charge >= 0.3 is 6.03 Å². The number of fused-ring (bicyclic) bond motifs is 1. The number of hydrogen-bond donors (Lipinski definition) is 2. The van der Waals surface area contributed by atoms with Gasteiger partial charge in [0.2, 0.25) is 0 Å². The number of para-hydroxylation sites is 2. The van der Waals surface area contributed by atoms with Gasteiger partial charge in [-0.15, -0.1) is 0 Å². The van der Waals surface area contributed by atoms with Gasteiger partial charge in [0, 0.05) is 26.3 Å². The van der Waals surface area contributed by atoms with Gasteiger partial charge in [-0.3, -0.25) is 5.32 Å². The zero-order valence-electron chi connectivity index (χ0n) is 14.2. The zero-order chi connectivity index (χ0) is 17.6. The number of carbonyl (C=O) groups is 1. The monoisotopic (exact) mass is 340 g/mol. The van der Waals surface area contributed by atoms with Crippen molar-refractivity contribution in [3.63, 3.8) is 0 Å². The lowest BCUT2D eigenvalue weighted by Crippen LogP contribution is -2.32. The number of aryl methyl sites for hydroxylation is 1. The topological polar surface area (TPSA) is 94.0 Å². The summed E-state index contributed by atoms with van der Waals surface area (Å²) >= 11 is 0. The second-order valence-corrected chi connectivity index (χ2v) is 5.51. The van der Waals surface area contributed by atoms with E-state index < -0.39 is 0 Å². The number of carbonyl (C=O) groups excluding carboxylic acids is 1. The standard InChI is InChI=1S/C17H20N6O2/c1-12-21-14-5-3-4-6-15(14)23(12)8-7-18-17(24)22-16-9-13(10-25-2)19-11-20-16/h3-6,9,11H,7-8,10H2,1-2H3,(H2,18,19,20,22,24). The van der Waals surface area contributed by atoms with E-state index in [0.717, 1.165) is 16.9 Å². The van der Waals surface area contributed by atoms with Gasteiger partial charge in [-0.05, 0) is 19.1 Å². The molecule has 2 aromatic heterocycles. The highest BCUT2D eigenvalue weighted by atomic mass is 16.5. The maximum Gasteiger partial charge on any atom is 0.320 e. The SMILES string of the molecule is COCc1cc(NC(=O)NCCn2c(C)nc3ccccc32)ncn1. The third-order valence-corrected chi connectivity index (χ3v) is 3.72. The molecular formula is C17H20N6O2. The molecule has 2 heterocycles. The highest BCUT2D eigenvalue weighted by molar-refractivity contribution is 5.88. The van der Waals surface area contributed by atoms with Gasteiger partial charge in [-0.25, -0.2) is 19.7 Å². The van der Waals surface area contributed by atoms with Crippen LogP contribution in [0, 0.1) is 6.92 Å². The Hall–Kier alpha value is -3.00. The lowest BCUT2D eigenvalue weighted by atomic mass is 10.3. The van der Waals surface area contributed by atoms with Gasteiger partial charge in [0.25, 0.3) is 0 Å². The number of urea groups is 1. The molecule has 0 aliphatic rings. The molecule has 0 unspecified atom stereocenters. The fourth-order valence-electron chi connectivity index (χ4n) is 2.61. The summed E-state index contributed by atoms with van der Waals surface area (Å²) in [5.41, 5.74) is 2.71. The van der Waals surface area contributed by atoms with Crippen LogP contribution >= 0.6 is 0 Å². The largest absolute Gasteiger partial charge is 0.378 e. The first kappa shape index (κ1) is 16.8. The lowest BCUT2D eigenvalue weighted by Gasteiger charge is -2.10. The molecule has 0 bridgehead atoms. The quantitative estimate of drug-likeness (QED) is 0.717. The number of benzene rings is 1. The van der Waals surface area contributed by atoms with Crippen molar-refractivity contribution in [2.24, 2.45) is 0 Å². The van der Waals surface area contributed by atoms with Crippen molar-refractivity contribution in [3.05, 3.63) is 48.2 Å². The Kier molecular flexibility index (Phi) is 5.20. The van der Waals surface area contributed by atoms with Gasteiger partial charge < -0.3 is 14.6 Å². The van der Waals surface area contributed by atoms with Crippen LogP contribution in [0.1, 0.15) is 11.5 Å². The number of aromatic nitrogens is 4. The summed E-state index contributed by atoms with van der Waals surface area (Å²) in [6.07, 6.45) is 1.39. The van der Waals surface area contributed by atoms with Crippen LogP contribution in [0.2, 0.25) is 0 Å². The third-order valence-electron chi connectivity index (χ3n) is 3.72. The molecule has 8 heteroatoms. The summed E-state index contributed by atoms with van der Waals surface area (Å²) in [6.45, 7) is 3.44. The minimum Gasteiger partial charge on any atom is -0.378 e. The molecule has 0 saturated carbocycles. The lowest BCUT2D eigenvalue weighted by molar-refractivity contribution is 0.181. The summed E-state index contributed by atoms with van der Waals surface area (Å²) in [7, 11) is 1.59. The van der Waals surface area contributed by atoms with Crippen molar-refractivity contribution < 1.29 is 9.53 Å². The van der Waals surface area contributed by atoms with Gasteiger partial charge in [0.15, 0.2) is 0 Å². The molecule has 0 radical (unpaired) electrons. The highest BCUT2D eigenvalue weighted by Gasteiger charge is 2.08. The fraction of sp³-hybridized carbons (Fsp3) is 0.294. The van der Waals surface area contributed by atoms with E-state index in [1.807, 2.05) is 31.2 Å². The first-order valence-corrected chi connectivity index (χ1v) is 7.94. The van der Waals surface area contributed by atoms with Crippen molar-refractivity contribution in [2.75, 3.05) is 19.0 Å². The average Bonchev–Trinajstić information content (AvgIpc) is 2.91. The number of nitrogens with one attached hydrogen (secondary N) is 2. The molecule has 0 saturated heterocycles. The maximum absolute atomic E-state index is 12.0. The van der Waals surface area contributed by atoms with E-state index in [-0.39, 0.29) is 6.03 Å². The molecule has 1 aromatic carbocycles. The van der Waals surface area contributed by atoms with E-state index in [0.29, 0.717) is 31.2 Å². The molecular weight excluding hydrogens is 320 g/mol. The Balaban J connectivity index is 1.56. The Bertz CT molecular complexity index is 876. The second kappa shape index (κ2) is 7.71. The minimum atomic E-state index is -0.316. The van der Waals surface area contributed by atoms with E-state index in [2.05, 4.69) is 30.2 Å².